The number of carbonyl (C=O) groups excluding carboxylic acids is 2. The van der Waals surface area contributed by atoms with Gasteiger partial charge in [0.2, 0.25) is 5.91 Å². The van der Waals surface area contributed by atoms with Gasteiger partial charge in [-0.25, -0.2) is 0 Å². The molecular formula is C12H24N2O3. The molecule has 17 heavy (non-hydrogen) atoms. The van der Waals surface area contributed by atoms with E-state index in [9.17, 15) is 9.59 Å². The van der Waals surface area contributed by atoms with Crippen molar-refractivity contribution in [2.24, 2.45) is 5.73 Å². The smallest absolute Gasteiger partial charge is 0.305 e. The average molecular weight is 244 g/mol. The number of ether oxygens (including phenoxy) is 1. The quantitative estimate of drug-likeness (QED) is 0.676. The largest absolute Gasteiger partial charge is 0.469 e. The zero-order valence-electron chi connectivity index (χ0n) is 11.3. The number of hydrogen-bond acceptors (Lipinski definition) is 4. The molecule has 0 heterocycles. The number of esters is 1. The third kappa shape index (κ3) is 8.68. The minimum atomic E-state index is -0.317. The second-order valence-corrected chi connectivity index (χ2v) is 4.98. The monoisotopic (exact) mass is 244 g/mol. The Morgan fingerprint density at radius 2 is 1.88 bits per heavy atom. The summed E-state index contributed by atoms with van der Waals surface area (Å²) in [6.45, 7) is 4.37. The van der Waals surface area contributed by atoms with Crippen LogP contribution in [0.5, 0.6) is 0 Å². The van der Waals surface area contributed by atoms with Crippen LogP contribution in [-0.2, 0) is 14.3 Å². The highest BCUT2D eigenvalue weighted by atomic mass is 16.5. The van der Waals surface area contributed by atoms with Crippen LogP contribution in [0.2, 0.25) is 0 Å². The van der Waals surface area contributed by atoms with Crippen LogP contribution in [0.3, 0.4) is 0 Å². The van der Waals surface area contributed by atoms with Gasteiger partial charge in [-0.1, -0.05) is 0 Å². The first-order chi connectivity index (χ1) is 7.76. The van der Waals surface area contributed by atoms with E-state index in [1.54, 1.807) is 11.9 Å². The predicted octanol–water partition coefficient (Wildman–Crippen LogP) is 0.915. The van der Waals surface area contributed by atoms with E-state index in [2.05, 4.69) is 4.74 Å². The Hall–Kier alpha value is -1.10. The molecule has 5 nitrogen and oxygen atoms in total. The van der Waals surface area contributed by atoms with Gasteiger partial charge in [0, 0.05) is 32.0 Å². The maximum Gasteiger partial charge on any atom is 0.305 e. The van der Waals surface area contributed by atoms with E-state index in [1.807, 2.05) is 13.8 Å². The molecule has 0 atom stereocenters. The normalized spacial score (nSPS) is 11.1. The van der Waals surface area contributed by atoms with E-state index < -0.39 is 0 Å². The zero-order valence-corrected chi connectivity index (χ0v) is 11.3. The van der Waals surface area contributed by atoms with Crippen molar-refractivity contribution in [2.75, 3.05) is 20.7 Å². The number of nitrogens with two attached hydrogens (primary N) is 1. The van der Waals surface area contributed by atoms with Crippen molar-refractivity contribution in [3.05, 3.63) is 0 Å². The van der Waals surface area contributed by atoms with E-state index in [0.29, 0.717) is 32.2 Å². The molecule has 0 aliphatic heterocycles. The van der Waals surface area contributed by atoms with Gasteiger partial charge in [-0.3, -0.25) is 9.59 Å². The Bertz CT molecular complexity index is 259. The van der Waals surface area contributed by atoms with Gasteiger partial charge < -0.3 is 15.4 Å². The van der Waals surface area contributed by atoms with E-state index >= 15 is 0 Å². The van der Waals surface area contributed by atoms with Crippen LogP contribution in [0, 0.1) is 0 Å². The van der Waals surface area contributed by atoms with Crippen molar-refractivity contribution in [1.82, 2.24) is 4.90 Å². The maximum absolute atomic E-state index is 11.7. The first kappa shape index (κ1) is 15.9. The highest BCUT2D eigenvalue weighted by Crippen LogP contribution is 2.08. The zero-order chi connectivity index (χ0) is 13.5. The van der Waals surface area contributed by atoms with Gasteiger partial charge in [0.25, 0.3) is 0 Å². The summed E-state index contributed by atoms with van der Waals surface area (Å²) < 4.78 is 4.53. The average Bonchev–Trinajstić information content (AvgIpc) is 2.24. The molecule has 0 saturated carbocycles. The molecule has 2 N–H and O–H groups in total. The molecule has 0 spiro atoms. The van der Waals surface area contributed by atoms with Crippen molar-refractivity contribution < 1.29 is 14.3 Å². The molecule has 0 rings (SSSR count). The van der Waals surface area contributed by atoms with Gasteiger partial charge in [0.1, 0.15) is 0 Å². The molecule has 1 amide bonds. The number of rotatable bonds is 7. The fraction of sp³-hybridized carbons (Fsp3) is 0.833. The minimum Gasteiger partial charge on any atom is -0.469 e. The molecule has 0 saturated heterocycles. The Kier molecular flexibility index (Phi) is 6.80. The van der Waals surface area contributed by atoms with E-state index in [-0.39, 0.29) is 17.4 Å². The lowest BCUT2D eigenvalue weighted by Crippen LogP contribution is -2.35. The SMILES string of the molecule is COC(=O)CCCN(C)C(=O)CCC(C)(C)N. The highest BCUT2D eigenvalue weighted by molar-refractivity contribution is 5.76. The summed E-state index contributed by atoms with van der Waals surface area (Å²) in [4.78, 5) is 24.2. The van der Waals surface area contributed by atoms with Crippen LogP contribution in [0.1, 0.15) is 39.5 Å². The van der Waals surface area contributed by atoms with Gasteiger partial charge in [-0.15, -0.1) is 0 Å². The molecule has 0 aromatic carbocycles. The first-order valence-corrected chi connectivity index (χ1v) is 5.86. The van der Waals surface area contributed by atoms with Gasteiger partial charge in [-0.05, 0) is 26.7 Å². The molecule has 0 aliphatic carbocycles. The number of carbonyl (C=O) groups is 2. The van der Waals surface area contributed by atoms with Gasteiger partial charge in [-0.2, -0.15) is 0 Å². The minimum absolute atomic E-state index is 0.0633. The van der Waals surface area contributed by atoms with Crippen LogP contribution >= 0.6 is 0 Å². The molecule has 0 aromatic rings. The fourth-order valence-corrected chi connectivity index (χ4v) is 1.31. The van der Waals surface area contributed by atoms with Gasteiger partial charge in [0.15, 0.2) is 0 Å². The number of amides is 1. The van der Waals surface area contributed by atoms with Crippen LogP contribution < -0.4 is 5.73 Å². The molecule has 5 heteroatoms. The predicted molar refractivity (Wildman–Crippen MR) is 66.4 cm³/mol. The summed E-state index contributed by atoms with van der Waals surface area (Å²) in [5.41, 5.74) is 5.49. The van der Waals surface area contributed by atoms with E-state index in [4.69, 9.17) is 5.73 Å². The van der Waals surface area contributed by atoms with Gasteiger partial charge in [0.05, 0.1) is 7.11 Å². The van der Waals surface area contributed by atoms with Gasteiger partial charge >= 0.3 is 5.97 Å². The molecule has 100 valence electrons. The summed E-state index contributed by atoms with van der Waals surface area (Å²) in [5.74, 6) is -0.178. The lowest BCUT2D eigenvalue weighted by Gasteiger charge is -2.21. The van der Waals surface area contributed by atoms with Crippen molar-refractivity contribution >= 4 is 11.9 Å². The molecule has 0 aliphatic rings. The lowest BCUT2D eigenvalue weighted by atomic mass is 10.00. The summed E-state index contributed by atoms with van der Waals surface area (Å²) in [6.07, 6.45) is 2.07. The standard InChI is InChI=1S/C12H24N2O3/c1-12(2,13)8-7-10(15)14(3)9-5-6-11(16)17-4/h5-9,13H2,1-4H3. The lowest BCUT2D eigenvalue weighted by molar-refractivity contribution is -0.141. The summed E-state index contributed by atoms with van der Waals surface area (Å²) >= 11 is 0. The van der Waals surface area contributed by atoms with Crippen LogP contribution in [-0.4, -0.2) is 43.0 Å². The number of hydrogen-bond donors (Lipinski definition) is 1. The Labute approximate surface area is 103 Å². The Morgan fingerprint density at radius 1 is 1.29 bits per heavy atom. The highest BCUT2D eigenvalue weighted by Gasteiger charge is 2.15. The van der Waals surface area contributed by atoms with Crippen LogP contribution in [0.15, 0.2) is 0 Å². The third-order valence-electron chi connectivity index (χ3n) is 2.51. The van der Waals surface area contributed by atoms with Crippen molar-refractivity contribution in [3.8, 4) is 0 Å². The molecule has 0 radical (unpaired) electrons. The Morgan fingerprint density at radius 3 is 2.35 bits per heavy atom. The van der Waals surface area contributed by atoms with Crippen molar-refractivity contribution in [1.29, 1.82) is 0 Å². The first-order valence-electron chi connectivity index (χ1n) is 5.86. The van der Waals surface area contributed by atoms with Crippen molar-refractivity contribution in [2.45, 2.75) is 45.1 Å². The second-order valence-electron chi connectivity index (χ2n) is 4.98. The third-order valence-corrected chi connectivity index (χ3v) is 2.51. The van der Waals surface area contributed by atoms with Crippen LogP contribution in [0.4, 0.5) is 0 Å². The summed E-state index contributed by atoms with van der Waals surface area (Å²) in [7, 11) is 3.10. The second kappa shape index (κ2) is 7.27. The van der Waals surface area contributed by atoms with E-state index in [0.717, 1.165) is 0 Å². The van der Waals surface area contributed by atoms with E-state index in [1.165, 1.54) is 7.11 Å². The molecule has 0 unspecified atom stereocenters. The van der Waals surface area contributed by atoms with Crippen LogP contribution in [0.25, 0.3) is 0 Å². The maximum atomic E-state index is 11.7. The molecule has 0 aromatic heterocycles. The Balaban J connectivity index is 3.79. The molecule has 0 bridgehead atoms. The fourth-order valence-electron chi connectivity index (χ4n) is 1.31. The number of nitrogens with zero attached hydrogens (tertiary/aromatic N) is 1. The number of methoxy groups -OCH3 is 1. The molecular weight excluding hydrogens is 220 g/mol. The molecule has 0 fully saturated rings. The summed E-state index contributed by atoms with van der Waals surface area (Å²) in [5, 5.41) is 0. The van der Waals surface area contributed by atoms with Crippen molar-refractivity contribution in [3.63, 3.8) is 0 Å². The summed E-state index contributed by atoms with van der Waals surface area (Å²) in [6, 6.07) is 0. The topological polar surface area (TPSA) is 72.6 Å².